The van der Waals surface area contributed by atoms with Gasteiger partial charge in [-0.25, -0.2) is 0 Å². The maximum Gasteiger partial charge on any atom is 0.306 e. The average Bonchev–Trinajstić information content (AvgIpc) is 3.19. The third-order valence-electron chi connectivity index (χ3n) is 9.60. The van der Waals surface area contributed by atoms with Crippen molar-refractivity contribution in [3.63, 3.8) is 0 Å². The topological polar surface area (TPSA) is 95.9 Å². The Kier molecular flexibility index (Phi) is 40.4. The minimum Gasteiger partial charge on any atom is -0.462 e. The number of unbranched alkanes of at least 4 members (excludes halogenated alkanes) is 16. The average molecular weight is 778 g/mol. The Morgan fingerprint density at radius 2 is 0.982 bits per heavy atom. The lowest BCUT2D eigenvalue weighted by molar-refractivity contribution is -0.151. The molecule has 0 aromatic heterocycles. The second-order valence-corrected chi connectivity index (χ2v) is 14.9. The SMILES string of the molecule is CC/C=C/C=C/C=C\C=C/C=C/CCCC(CC(=O)NC(CO)C(O)CCCCCCCCCCC)OC(=O)CCCCCCCCC/C=C/C=C/C=C/CC. The summed E-state index contributed by atoms with van der Waals surface area (Å²) in [6, 6.07) is -0.730. The lowest BCUT2D eigenvalue weighted by Gasteiger charge is -2.24. The maximum atomic E-state index is 13.1. The zero-order valence-corrected chi connectivity index (χ0v) is 36.0. The van der Waals surface area contributed by atoms with Gasteiger partial charge in [-0.1, -0.05) is 208 Å². The highest BCUT2D eigenvalue weighted by molar-refractivity contribution is 5.77. The molecule has 0 fully saturated rings. The largest absolute Gasteiger partial charge is 0.462 e. The van der Waals surface area contributed by atoms with Crippen LogP contribution in [0.5, 0.6) is 0 Å². The van der Waals surface area contributed by atoms with Crippen LogP contribution < -0.4 is 5.32 Å². The van der Waals surface area contributed by atoms with Gasteiger partial charge in [0.2, 0.25) is 5.91 Å². The van der Waals surface area contributed by atoms with Crippen molar-refractivity contribution >= 4 is 11.9 Å². The number of carbonyl (C=O) groups is 2. The Bertz CT molecular complexity index is 1140. The highest BCUT2D eigenvalue weighted by Crippen LogP contribution is 2.16. The predicted octanol–water partition coefficient (Wildman–Crippen LogP) is 13.0. The first-order valence-corrected chi connectivity index (χ1v) is 22.6. The third-order valence-corrected chi connectivity index (χ3v) is 9.60. The molecule has 0 spiro atoms. The fourth-order valence-electron chi connectivity index (χ4n) is 6.22. The normalized spacial score (nSPS) is 14.3. The standard InChI is InChI=1S/C50H83NO5/c1-4-7-10-13-16-19-21-23-24-26-28-31-34-37-40-43-50(55)56-46(41-38-35-32-30-27-25-22-20-17-14-11-8-5-2)44-49(54)51-47(45-52)48(53)42-39-36-33-29-18-15-12-9-6-3/h7-8,10-11,13-14,16-17,19-22,25,27,30,32,46-48,52-53H,4-6,9,12,15,18,23-24,26,28-29,31,33-45H2,1-3H3,(H,51,54)/b10-7+,11-8+,16-13+,17-14+,21-19+,22-20-,27-25-,32-30+. The Morgan fingerprint density at radius 3 is 1.50 bits per heavy atom. The van der Waals surface area contributed by atoms with Crippen LogP contribution in [0.15, 0.2) is 97.2 Å². The van der Waals surface area contributed by atoms with E-state index in [0.717, 1.165) is 70.6 Å². The molecular formula is C50H83NO5. The molecule has 1 amide bonds. The van der Waals surface area contributed by atoms with Crippen molar-refractivity contribution in [1.29, 1.82) is 0 Å². The number of amides is 1. The highest BCUT2D eigenvalue weighted by atomic mass is 16.5. The van der Waals surface area contributed by atoms with Crippen molar-refractivity contribution in [1.82, 2.24) is 5.32 Å². The molecule has 0 aliphatic rings. The summed E-state index contributed by atoms with van der Waals surface area (Å²) in [7, 11) is 0. The molecule has 0 radical (unpaired) electrons. The summed E-state index contributed by atoms with van der Waals surface area (Å²) >= 11 is 0. The zero-order valence-electron chi connectivity index (χ0n) is 36.0. The summed E-state index contributed by atoms with van der Waals surface area (Å²) in [5.74, 6) is -0.573. The van der Waals surface area contributed by atoms with E-state index in [1.165, 1.54) is 64.2 Å². The number of hydrogen-bond acceptors (Lipinski definition) is 5. The Hall–Kier alpha value is -3.22. The van der Waals surface area contributed by atoms with Crippen LogP contribution in [0.25, 0.3) is 0 Å². The van der Waals surface area contributed by atoms with Crippen LogP contribution in [0.1, 0.15) is 181 Å². The summed E-state index contributed by atoms with van der Waals surface area (Å²) < 4.78 is 5.86. The van der Waals surface area contributed by atoms with E-state index in [-0.39, 0.29) is 24.9 Å². The Labute approximate surface area is 344 Å². The second-order valence-electron chi connectivity index (χ2n) is 14.9. The van der Waals surface area contributed by atoms with Crippen LogP contribution in [0, 0.1) is 0 Å². The minimum atomic E-state index is -0.811. The van der Waals surface area contributed by atoms with E-state index in [1.54, 1.807) is 0 Å². The van der Waals surface area contributed by atoms with Crippen LogP contribution in [0.4, 0.5) is 0 Å². The number of nitrogens with one attached hydrogen (secondary N) is 1. The molecule has 6 nitrogen and oxygen atoms in total. The van der Waals surface area contributed by atoms with Gasteiger partial charge in [-0.3, -0.25) is 9.59 Å². The van der Waals surface area contributed by atoms with Crippen molar-refractivity contribution < 1.29 is 24.5 Å². The fourth-order valence-corrected chi connectivity index (χ4v) is 6.22. The van der Waals surface area contributed by atoms with E-state index in [4.69, 9.17) is 4.74 Å². The molecule has 6 heteroatoms. The predicted molar refractivity (Wildman–Crippen MR) is 240 cm³/mol. The molecule has 3 N–H and O–H groups in total. The molecule has 0 bridgehead atoms. The van der Waals surface area contributed by atoms with Gasteiger partial charge in [0.25, 0.3) is 0 Å². The van der Waals surface area contributed by atoms with Gasteiger partial charge in [0.15, 0.2) is 0 Å². The van der Waals surface area contributed by atoms with Crippen LogP contribution in [-0.4, -0.2) is 46.9 Å². The number of hydrogen-bond donors (Lipinski definition) is 3. The molecule has 0 aliphatic carbocycles. The zero-order chi connectivity index (χ0) is 41.0. The first-order chi connectivity index (χ1) is 27.5. The van der Waals surface area contributed by atoms with Crippen LogP contribution in [0.2, 0.25) is 0 Å². The number of aliphatic hydroxyl groups excluding tert-OH is 2. The van der Waals surface area contributed by atoms with Crippen molar-refractivity contribution in [3.05, 3.63) is 97.2 Å². The van der Waals surface area contributed by atoms with Gasteiger partial charge in [0, 0.05) is 6.42 Å². The molecule has 0 aromatic rings. The lowest BCUT2D eigenvalue weighted by atomic mass is 10.0. The number of ether oxygens (including phenoxy) is 1. The van der Waals surface area contributed by atoms with Gasteiger partial charge >= 0.3 is 5.97 Å². The van der Waals surface area contributed by atoms with E-state index >= 15 is 0 Å². The summed E-state index contributed by atoms with van der Waals surface area (Å²) in [4.78, 5) is 26.0. The van der Waals surface area contributed by atoms with Gasteiger partial charge < -0.3 is 20.3 Å². The monoisotopic (exact) mass is 778 g/mol. The first-order valence-electron chi connectivity index (χ1n) is 22.6. The number of esters is 1. The van der Waals surface area contributed by atoms with E-state index in [0.29, 0.717) is 19.3 Å². The molecule has 56 heavy (non-hydrogen) atoms. The highest BCUT2D eigenvalue weighted by Gasteiger charge is 2.24. The number of rotatable bonds is 38. The second kappa shape index (κ2) is 42.9. The summed E-state index contributed by atoms with van der Waals surface area (Å²) in [5.41, 5.74) is 0. The van der Waals surface area contributed by atoms with Crippen molar-refractivity contribution in [2.45, 2.75) is 200 Å². The van der Waals surface area contributed by atoms with Crippen molar-refractivity contribution in [2.24, 2.45) is 0 Å². The summed E-state index contributed by atoms with van der Waals surface area (Å²) in [5, 5.41) is 23.5. The molecule has 0 rings (SSSR count). The van der Waals surface area contributed by atoms with Gasteiger partial charge in [-0.2, -0.15) is 0 Å². The summed E-state index contributed by atoms with van der Waals surface area (Å²) in [6.07, 6.45) is 56.1. The molecule has 318 valence electrons. The van der Waals surface area contributed by atoms with Gasteiger partial charge in [-0.15, -0.1) is 0 Å². The summed E-state index contributed by atoms with van der Waals surface area (Å²) in [6.45, 7) is 6.14. The molecule has 3 unspecified atom stereocenters. The molecule has 0 aromatic carbocycles. The molecule has 0 saturated heterocycles. The van der Waals surface area contributed by atoms with E-state index in [1.807, 2.05) is 48.6 Å². The molecule has 0 saturated carbocycles. The van der Waals surface area contributed by atoms with Crippen molar-refractivity contribution in [2.75, 3.05) is 6.61 Å². The lowest BCUT2D eigenvalue weighted by Crippen LogP contribution is -2.46. The van der Waals surface area contributed by atoms with Crippen LogP contribution >= 0.6 is 0 Å². The van der Waals surface area contributed by atoms with Crippen molar-refractivity contribution in [3.8, 4) is 0 Å². The minimum absolute atomic E-state index is 0.0176. The quantitative estimate of drug-likeness (QED) is 0.0330. The van der Waals surface area contributed by atoms with Gasteiger partial charge in [0.05, 0.1) is 25.2 Å². The van der Waals surface area contributed by atoms with Gasteiger partial charge in [0.1, 0.15) is 6.10 Å². The Morgan fingerprint density at radius 1 is 0.536 bits per heavy atom. The number of allylic oxidation sites excluding steroid dienone is 16. The molecule has 0 heterocycles. The number of carbonyl (C=O) groups excluding carboxylic acids is 2. The van der Waals surface area contributed by atoms with Crippen LogP contribution in [0.3, 0.4) is 0 Å². The van der Waals surface area contributed by atoms with E-state index in [2.05, 4.69) is 74.7 Å². The first kappa shape index (κ1) is 52.8. The fraction of sp³-hybridized carbons (Fsp3) is 0.640. The smallest absolute Gasteiger partial charge is 0.306 e. The molecule has 0 aliphatic heterocycles. The van der Waals surface area contributed by atoms with E-state index in [9.17, 15) is 19.8 Å². The van der Waals surface area contributed by atoms with Crippen LogP contribution in [-0.2, 0) is 14.3 Å². The maximum absolute atomic E-state index is 13.1. The third kappa shape index (κ3) is 37.7. The Balaban J connectivity index is 4.76. The molecular weight excluding hydrogens is 695 g/mol. The number of aliphatic hydroxyl groups is 2. The van der Waals surface area contributed by atoms with E-state index < -0.39 is 18.2 Å². The van der Waals surface area contributed by atoms with Gasteiger partial charge in [-0.05, 0) is 57.8 Å². The molecule has 3 atom stereocenters.